The molecular formula is C6H10O7. The fourth-order valence-corrected chi connectivity index (χ4v) is 0.163. The summed E-state index contributed by atoms with van der Waals surface area (Å²) in [6, 6.07) is 0. The zero-order valence-electron chi connectivity index (χ0n) is 7.14. The van der Waals surface area contributed by atoms with Crippen molar-refractivity contribution in [3.8, 4) is 0 Å². The van der Waals surface area contributed by atoms with Crippen LogP contribution < -0.4 is 0 Å². The van der Waals surface area contributed by atoms with E-state index in [0.717, 1.165) is 0 Å². The smallest absolute Gasteiger partial charge is 0.449 e. The van der Waals surface area contributed by atoms with Crippen molar-refractivity contribution in [2.45, 2.75) is 20.3 Å². The third kappa shape index (κ3) is 17.8. The summed E-state index contributed by atoms with van der Waals surface area (Å²) in [4.78, 5) is 28.8. The second-order valence-corrected chi connectivity index (χ2v) is 1.69. The van der Waals surface area contributed by atoms with Crippen LogP contribution in [-0.2, 0) is 9.47 Å². The second-order valence-electron chi connectivity index (χ2n) is 1.69. The van der Waals surface area contributed by atoms with E-state index in [9.17, 15) is 14.4 Å². The summed E-state index contributed by atoms with van der Waals surface area (Å²) in [7, 11) is 0. The van der Waals surface area contributed by atoms with Crippen LogP contribution in [-0.4, -0.2) is 28.7 Å². The van der Waals surface area contributed by atoms with Gasteiger partial charge in [0.25, 0.3) is 0 Å². The predicted molar refractivity (Wildman–Crippen MR) is 39.6 cm³/mol. The van der Waals surface area contributed by atoms with E-state index in [1.807, 2.05) is 0 Å². The van der Waals surface area contributed by atoms with Gasteiger partial charge in [0.1, 0.15) is 0 Å². The number of hydrogen-bond acceptors (Lipinski definition) is 5. The molecule has 7 heteroatoms. The zero-order valence-corrected chi connectivity index (χ0v) is 7.14. The quantitative estimate of drug-likeness (QED) is 0.447. The van der Waals surface area contributed by atoms with Crippen LogP contribution in [0.4, 0.5) is 14.4 Å². The molecule has 0 rings (SSSR count). The molecule has 0 aliphatic rings. The standard InChI is InChI=1S/C3H2O7.C3H8/c4-1(5)9-3(8)10-2(6)7;1-3-2/h(H,4,5)(H,6,7);3H2,1-2H3. The molecule has 0 aliphatic carbocycles. The van der Waals surface area contributed by atoms with Gasteiger partial charge in [-0.1, -0.05) is 20.3 Å². The number of carboxylic acid groups (broad SMARTS) is 2. The van der Waals surface area contributed by atoms with Gasteiger partial charge in [-0.05, 0) is 0 Å². The van der Waals surface area contributed by atoms with E-state index in [4.69, 9.17) is 10.2 Å². The summed E-state index contributed by atoms with van der Waals surface area (Å²) >= 11 is 0. The fraction of sp³-hybridized carbons (Fsp3) is 0.500. The Bertz CT molecular complexity index is 167. The molecule has 0 spiro atoms. The van der Waals surface area contributed by atoms with Crippen molar-refractivity contribution in [1.82, 2.24) is 0 Å². The van der Waals surface area contributed by atoms with Crippen molar-refractivity contribution in [3.63, 3.8) is 0 Å². The minimum absolute atomic E-state index is 1.25. The minimum Gasteiger partial charge on any atom is -0.449 e. The molecule has 0 amide bonds. The molecule has 0 bridgehead atoms. The highest BCUT2D eigenvalue weighted by Gasteiger charge is 2.13. The highest BCUT2D eigenvalue weighted by Crippen LogP contribution is 1.85. The Balaban J connectivity index is 0. The summed E-state index contributed by atoms with van der Waals surface area (Å²) in [6.45, 7) is 4.25. The van der Waals surface area contributed by atoms with Crippen molar-refractivity contribution >= 4 is 18.5 Å². The van der Waals surface area contributed by atoms with Gasteiger partial charge in [0.2, 0.25) is 0 Å². The molecule has 0 unspecified atom stereocenters. The first-order chi connectivity index (χ1) is 5.93. The molecule has 0 aromatic rings. The molecule has 13 heavy (non-hydrogen) atoms. The molecule has 76 valence electrons. The Morgan fingerprint density at radius 1 is 1.00 bits per heavy atom. The zero-order chi connectivity index (χ0) is 10.9. The lowest BCUT2D eigenvalue weighted by atomic mass is 10.6. The van der Waals surface area contributed by atoms with Gasteiger partial charge in [0.15, 0.2) is 0 Å². The lowest BCUT2D eigenvalue weighted by Crippen LogP contribution is -2.14. The van der Waals surface area contributed by atoms with E-state index in [2.05, 4.69) is 23.3 Å². The van der Waals surface area contributed by atoms with E-state index < -0.39 is 18.5 Å². The summed E-state index contributed by atoms with van der Waals surface area (Å²) in [5.74, 6) is 0. The number of hydrogen-bond donors (Lipinski definition) is 2. The highest BCUT2D eigenvalue weighted by molar-refractivity contribution is 5.82. The SMILES string of the molecule is CCC.O=C(O)OC(=O)OC(=O)O. The number of ether oxygens (including phenoxy) is 2. The van der Waals surface area contributed by atoms with E-state index >= 15 is 0 Å². The third-order valence-corrected chi connectivity index (χ3v) is 0.341. The molecule has 0 aliphatic heterocycles. The third-order valence-electron chi connectivity index (χ3n) is 0.341. The van der Waals surface area contributed by atoms with Crippen LogP contribution in [0.15, 0.2) is 0 Å². The lowest BCUT2D eigenvalue weighted by molar-refractivity contribution is 0.0549. The van der Waals surface area contributed by atoms with Gasteiger partial charge in [-0.25, -0.2) is 14.4 Å². The summed E-state index contributed by atoms with van der Waals surface area (Å²) in [5, 5.41) is 15.4. The minimum atomic E-state index is -1.92. The molecule has 2 N–H and O–H groups in total. The molecule has 0 heterocycles. The maximum atomic E-state index is 9.86. The highest BCUT2D eigenvalue weighted by atomic mass is 16.8. The molecule has 0 saturated carbocycles. The molecule has 0 radical (unpaired) electrons. The predicted octanol–water partition coefficient (Wildman–Crippen LogP) is 1.91. The number of carbonyl (C=O) groups excluding carboxylic acids is 1. The van der Waals surface area contributed by atoms with Gasteiger partial charge in [0, 0.05) is 0 Å². The Morgan fingerprint density at radius 3 is 1.38 bits per heavy atom. The Kier molecular flexibility index (Phi) is 8.80. The lowest BCUT2D eigenvalue weighted by Gasteiger charge is -1.93. The van der Waals surface area contributed by atoms with Crippen LogP contribution in [0, 0.1) is 0 Å². The van der Waals surface area contributed by atoms with Crippen molar-refractivity contribution in [1.29, 1.82) is 0 Å². The van der Waals surface area contributed by atoms with Gasteiger partial charge >= 0.3 is 18.5 Å². The molecule has 0 atom stereocenters. The normalized spacial score (nSPS) is 7.54. The van der Waals surface area contributed by atoms with Crippen LogP contribution in [0.25, 0.3) is 0 Å². The largest absolute Gasteiger partial charge is 0.528 e. The van der Waals surface area contributed by atoms with Crippen LogP contribution >= 0.6 is 0 Å². The Labute approximate surface area is 73.9 Å². The summed E-state index contributed by atoms with van der Waals surface area (Å²) in [5.41, 5.74) is 0. The number of rotatable bonds is 0. The average Bonchev–Trinajstić information content (AvgIpc) is 1.83. The van der Waals surface area contributed by atoms with E-state index in [0.29, 0.717) is 0 Å². The van der Waals surface area contributed by atoms with Gasteiger partial charge < -0.3 is 19.7 Å². The van der Waals surface area contributed by atoms with Crippen LogP contribution in [0.2, 0.25) is 0 Å². The summed E-state index contributed by atoms with van der Waals surface area (Å²) in [6.07, 6.45) is -4.39. The monoisotopic (exact) mass is 194 g/mol. The fourth-order valence-electron chi connectivity index (χ4n) is 0.163. The molecule has 7 nitrogen and oxygen atoms in total. The summed E-state index contributed by atoms with van der Waals surface area (Å²) < 4.78 is 6.47. The van der Waals surface area contributed by atoms with Crippen molar-refractivity contribution in [3.05, 3.63) is 0 Å². The van der Waals surface area contributed by atoms with E-state index in [-0.39, 0.29) is 0 Å². The van der Waals surface area contributed by atoms with Crippen LogP contribution in [0.3, 0.4) is 0 Å². The van der Waals surface area contributed by atoms with Crippen molar-refractivity contribution in [2.24, 2.45) is 0 Å². The van der Waals surface area contributed by atoms with Gasteiger partial charge in [-0.2, -0.15) is 0 Å². The van der Waals surface area contributed by atoms with Crippen LogP contribution in [0.1, 0.15) is 20.3 Å². The maximum Gasteiger partial charge on any atom is 0.528 e. The topological polar surface area (TPSA) is 110 Å². The molecule has 0 saturated heterocycles. The molecule has 0 aromatic carbocycles. The molecule has 0 aromatic heterocycles. The Hall–Kier alpha value is -1.79. The maximum absolute atomic E-state index is 9.86. The van der Waals surface area contributed by atoms with Gasteiger partial charge in [-0.15, -0.1) is 0 Å². The van der Waals surface area contributed by atoms with Crippen molar-refractivity contribution in [2.75, 3.05) is 0 Å². The van der Waals surface area contributed by atoms with Gasteiger partial charge in [0.05, 0.1) is 0 Å². The van der Waals surface area contributed by atoms with Crippen LogP contribution in [0.5, 0.6) is 0 Å². The first-order valence-corrected chi connectivity index (χ1v) is 3.29. The molecule has 0 fully saturated rings. The van der Waals surface area contributed by atoms with Gasteiger partial charge in [-0.3, -0.25) is 0 Å². The van der Waals surface area contributed by atoms with E-state index in [1.165, 1.54) is 6.42 Å². The Morgan fingerprint density at radius 2 is 1.23 bits per heavy atom. The second kappa shape index (κ2) is 8.31. The first kappa shape index (κ1) is 13.8. The van der Waals surface area contributed by atoms with E-state index in [1.54, 1.807) is 0 Å². The first-order valence-electron chi connectivity index (χ1n) is 3.29. The number of carbonyl (C=O) groups is 3. The molecular weight excluding hydrogens is 184 g/mol. The average molecular weight is 194 g/mol. The van der Waals surface area contributed by atoms with Crippen molar-refractivity contribution < 1.29 is 34.1 Å².